The van der Waals surface area contributed by atoms with E-state index in [0.717, 1.165) is 75.4 Å². The van der Waals surface area contributed by atoms with E-state index >= 15 is 0 Å². The molecule has 0 amide bonds. The fourth-order valence-corrected chi connectivity index (χ4v) is 4.59. The molecule has 6 nitrogen and oxygen atoms in total. The fraction of sp³-hybridized carbons (Fsp3) is 0.500. The number of pyridine rings is 1. The van der Waals surface area contributed by atoms with Gasteiger partial charge in [-0.3, -0.25) is 9.69 Å². The van der Waals surface area contributed by atoms with Crippen LogP contribution in [-0.4, -0.2) is 53.2 Å². The number of hydrogen-bond acceptors (Lipinski definition) is 5. The summed E-state index contributed by atoms with van der Waals surface area (Å²) in [4.78, 5) is 18.7. The molecule has 2 aliphatic heterocycles. The van der Waals surface area contributed by atoms with Gasteiger partial charge in [-0.05, 0) is 62.3 Å². The smallest absolute Gasteiger partial charge is 0.325 e. The number of carboxylic acids is 1. The monoisotopic (exact) mass is 408 g/mol. The van der Waals surface area contributed by atoms with Crippen LogP contribution < -0.4 is 10.6 Å². The SMILES string of the molecule is O=C(O)C(c1ccccc1)N1CCC(NCCCc2ccc3c(n2)NCCC3)CC1. The zero-order valence-corrected chi connectivity index (χ0v) is 17.5. The molecule has 0 radical (unpaired) electrons. The van der Waals surface area contributed by atoms with Gasteiger partial charge in [0.2, 0.25) is 0 Å². The molecule has 0 saturated carbocycles. The number of likely N-dealkylation sites (tertiary alicyclic amines) is 1. The second kappa shape index (κ2) is 10.0. The van der Waals surface area contributed by atoms with Crippen molar-refractivity contribution in [2.75, 3.05) is 31.5 Å². The number of carboxylic acid groups (broad SMARTS) is 1. The summed E-state index contributed by atoms with van der Waals surface area (Å²) in [5.74, 6) is 0.310. The van der Waals surface area contributed by atoms with Crippen LogP contribution in [0.3, 0.4) is 0 Å². The van der Waals surface area contributed by atoms with Crippen LogP contribution in [0.25, 0.3) is 0 Å². The van der Waals surface area contributed by atoms with E-state index in [1.807, 2.05) is 30.3 Å². The van der Waals surface area contributed by atoms with Crippen molar-refractivity contribution in [2.24, 2.45) is 0 Å². The number of benzene rings is 1. The lowest BCUT2D eigenvalue weighted by Gasteiger charge is -2.36. The zero-order chi connectivity index (χ0) is 20.8. The zero-order valence-electron chi connectivity index (χ0n) is 17.5. The van der Waals surface area contributed by atoms with E-state index in [-0.39, 0.29) is 0 Å². The number of nitrogens with zero attached hydrogens (tertiary/aromatic N) is 2. The van der Waals surface area contributed by atoms with Gasteiger partial charge in [-0.15, -0.1) is 0 Å². The standard InChI is InChI=1S/C24H32N4O2/c29-24(30)22(18-6-2-1-3-7-18)28-16-12-20(13-17-28)25-14-5-9-21-11-10-19-8-4-15-26-23(19)27-21/h1-3,6-7,10-11,20,22,25H,4-5,8-9,12-17H2,(H,26,27)(H,29,30). The Morgan fingerprint density at radius 2 is 2.00 bits per heavy atom. The molecular formula is C24H32N4O2. The van der Waals surface area contributed by atoms with Gasteiger partial charge in [-0.2, -0.15) is 0 Å². The molecule has 1 aromatic carbocycles. The second-order valence-corrected chi connectivity index (χ2v) is 8.36. The molecule has 1 aromatic heterocycles. The van der Waals surface area contributed by atoms with Gasteiger partial charge in [0.1, 0.15) is 11.9 Å². The van der Waals surface area contributed by atoms with E-state index in [9.17, 15) is 9.90 Å². The molecule has 1 fully saturated rings. The van der Waals surface area contributed by atoms with Crippen molar-refractivity contribution in [3.05, 3.63) is 59.3 Å². The van der Waals surface area contributed by atoms with Gasteiger partial charge in [-0.25, -0.2) is 4.98 Å². The van der Waals surface area contributed by atoms with Gasteiger partial charge in [0.25, 0.3) is 0 Å². The largest absolute Gasteiger partial charge is 0.480 e. The molecule has 160 valence electrons. The molecule has 1 atom stereocenters. The highest BCUT2D eigenvalue weighted by Crippen LogP contribution is 2.25. The number of hydrogen-bond donors (Lipinski definition) is 3. The predicted octanol–water partition coefficient (Wildman–Crippen LogP) is 3.25. The third-order valence-electron chi connectivity index (χ3n) is 6.24. The lowest BCUT2D eigenvalue weighted by Crippen LogP contribution is -2.45. The maximum Gasteiger partial charge on any atom is 0.325 e. The summed E-state index contributed by atoms with van der Waals surface area (Å²) in [5, 5.41) is 16.8. The van der Waals surface area contributed by atoms with Crippen molar-refractivity contribution in [2.45, 2.75) is 50.6 Å². The molecule has 1 saturated heterocycles. The molecule has 2 aliphatic rings. The molecule has 4 rings (SSSR count). The number of aromatic nitrogens is 1. The first-order valence-corrected chi connectivity index (χ1v) is 11.2. The Labute approximate surface area is 178 Å². The highest BCUT2D eigenvalue weighted by atomic mass is 16.4. The van der Waals surface area contributed by atoms with E-state index < -0.39 is 12.0 Å². The lowest BCUT2D eigenvalue weighted by molar-refractivity contribution is -0.144. The number of aliphatic carboxylic acids is 1. The van der Waals surface area contributed by atoms with Crippen molar-refractivity contribution in [3.8, 4) is 0 Å². The van der Waals surface area contributed by atoms with E-state index in [1.54, 1.807) is 0 Å². The van der Waals surface area contributed by atoms with Crippen molar-refractivity contribution in [3.63, 3.8) is 0 Å². The minimum Gasteiger partial charge on any atom is -0.480 e. The molecule has 0 spiro atoms. The van der Waals surface area contributed by atoms with Crippen molar-refractivity contribution in [1.82, 2.24) is 15.2 Å². The summed E-state index contributed by atoms with van der Waals surface area (Å²) in [6.45, 7) is 3.61. The maximum atomic E-state index is 11.8. The van der Waals surface area contributed by atoms with Crippen LogP contribution in [0, 0.1) is 0 Å². The van der Waals surface area contributed by atoms with Gasteiger partial charge < -0.3 is 15.7 Å². The first-order valence-electron chi connectivity index (χ1n) is 11.2. The molecule has 0 bridgehead atoms. The quantitative estimate of drug-likeness (QED) is 0.582. The normalized spacial score (nSPS) is 18.4. The van der Waals surface area contributed by atoms with Crippen LogP contribution >= 0.6 is 0 Å². The summed E-state index contributed by atoms with van der Waals surface area (Å²) in [7, 11) is 0. The number of piperidine rings is 1. The van der Waals surface area contributed by atoms with Crippen LogP contribution in [0.5, 0.6) is 0 Å². The first kappa shape index (κ1) is 20.8. The van der Waals surface area contributed by atoms with Crippen molar-refractivity contribution in [1.29, 1.82) is 0 Å². The Balaban J connectivity index is 1.20. The van der Waals surface area contributed by atoms with E-state index in [4.69, 9.17) is 4.98 Å². The van der Waals surface area contributed by atoms with Gasteiger partial charge in [-0.1, -0.05) is 36.4 Å². The molecule has 6 heteroatoms. The molecule has 3 heterocycles. The van der Waals surface area contributed by atoms with Crippen LogP contribution in [-0.2, 0) is 17.6 Å². The van der Waals surface area contributed by atoms with E-state index in [0.29, 0.717) is 6.04 Å². The Morgan fingerprint density at radius 1 is 1.20 bits per heavy atom. The predicted molar refractivity (Wildman–Crippen MR) is 119 cm³/mol. The minimum atomic E-state index is -0.764. The van der Waals surface area contributed by atoms with E-state index in [2.05, 4.69) is 27.7 Å². The summed E-state index contributed by atoms with van der Waals surface area (Å²) in [6.07, 6.45) is 6.33. The number of carbonyl (C=O) groups is 1. The Morgan fingerprint density at radius 3 is 2.77 bits per heavy atom. The third-order valence-corrected chi connectivity index (χ3v) is 6.24. The average Bonchev–Trinajstić information content (AvgIpc) is 2.78. The molecular weight excluding hydrogens is 376 g/mol. The molecule has 30 heavy (non-hydrogen) atoms. The summed E-state index contributed by atoms with van der Waals surface area (Å²) < 4.78 is 0. The van der Waals surface area contributed by atoms with Crippen LogP contribution in [0.15, 0.2) is 42.5 Å². The Bertz CT molecular complexity index is 834. The Kier molecular flexibility index (Phi) is 6.97. The van der Waals surface area contributed by atoms with Gasteiger partial charge in [0, 0.05) is 31.4 Å². The number of nitrogens with one attached hydrogen (secondary N) is 2. The van der Waals surface area contributed by atoms with Gasteiger partial charge >= 0.3 is 5.97 Å². The van der Waals surface area contributed by atoms with Crippen LogP contribution in [0.2, 0.25) is 0 Å². The summed E-state index contributed by atoms with van der Waals surface area (Å²) in [5.41, 5.74) is 3.36. The molecule has 3 N–H and O–H groups in total. The average molecular weight is 409 g/mol. The van der Waals surface area contributed by atoms with Gasteiger partial charge in [0.15, 0.2) is 0 Å². The molecule has 2 aromatic rings. The molecule has 0 aliphatic carbocycles. The fourth-order valence-electron chi connectivity index (χ4n) is 4.59. The minimum absolute atomic E-state index is 0.463. The van der Waals surface area contributed by atoms with Crippen molar-refractivity contribution < 1.29 is 9.90 Å². The van der Waals surface area contributed by atoms with E-state index in [1.165, 1.54) is 12.0 Å². The van der Waals surface area contributed by atoms with Gasteiger partial charge in [0.05, 0.1) is 0 Å². The number of aryl methyl sites for hydroxylation is 2. The third kappa shape index (κ3) is 5.18. The lowest BCUT2D eigenvalue weighted by atomic mass is 9.99. The summed E-state index contributed by atoms with van der Waals surface area (Å²) in [6, 6.07) is 13.9. The molecule has 1 unspecified atom stereocenters. The van der Waals surface area contributed by atoms with Crippen LogP contribution in [0.4, 0.5) is 5.82 Å². The number of anilines is 1. The summed E-state index contributed by atoms with van der Waals surface area (Å²) >= 11 is 0. The first-order chi connectivity index (χ1) is 14.7. The number of fused-ring (bicyclic) bond motifs is 1. The van der Waals surface area contributed by atoms with Crippen LogP contribution in [0.1, 0.15) is 48.5 Å². The number of rotatable bonds is 8. The van der Waals surface area contributed by atoms with Crippen molar-refractivity contribution >= 4 is 11.8 Å². The topological polar surface area (TPSA) is 77.5 Å². The maximum absolute atomic E-state index is 11.8. The Hall–Kier alpha value is -2.44. The second-order valence-electron chi connectivity index (χ2n) is 8.36. The highest BCUT2D eigenvalue weighted by molar-refractivity contribution is 5.75. The highest BCUT2D eigenvalue weighted by Gasteiger charge is 2.30.